The molecule has 0 bridgehead atoms. The predicted octanol–water partition coefficient (Wildman–Crippen LogP) is 5.16. The van der Waals surface area contributed by atoms with E-state index in [0.717, 1.165) is 11.9 Å². The zero-order valence-corrected chi connectivity index (χ0v) is 23.2. The van der Waals surface area contributed by atoms with Gasteiger partial charge in [-0.25, -0.2) is 27.2 Å². The molecule has 9 nitrogen and oxygen atoms in total. The normalized spacial score (nSPS) is 11.9. The Morgan fingerprint density at radius 3 is 2.59 bits per heavy atom. The summed E-state index contributed by atoms with van der Waals surface area (Å²) >= 11 is 0. The van der Waals surface area contributed by atoms with Crippen LogP contribution in [0, 0.1) is 11.6 Å². The van der Waals surface area contributed by atoms with Gasteiger partial charge in [0.15, 0.2) is 11.5 Å². The van der Waals surface area contributed by atoms with Crippen LogP contribution in [0.4, 0.5) is 14.5 Å². The second kappa shape index (κ2) is 10.0. The van der Waals surface area contributed by atoms with E-state index in [-0.39, 0.29) is 12.2 Å². The van der Waals surface area contributed by atoms with Crippen molar-refractivity contribution in [3.8, 4) is 33.8 Å². The van der Waals surface area contributed by atoms with Gasteiger partial charge in [0, 0.05) is 60.9 Å². The number of pyridine rings is 2. The van der Waals surface area contributed by atoms with Crippen LogP contribution in [0.1, 0.15) is 5.56 Å². The summed E-state index contributed by atoms with van der Waals surface area (Å²) in [5.41, 5.74) is 5.50. The summed E-state index contributed by atoms with van der Waals surface area (Å²) in [5, 5.41) is 7.93. The largest absolute Gasteiger partial charge is 0.376 e. The lowest BCUT2D eigenvalue weighted by molar-refractivity contribution is 0.600. The van der Waals surface area contributed by atoms with Crippen LogP contribution in [0.25, 0.3) is 55.8 Å². The molecule has 0 aliphatic heterocycles. The number of rotatable bonds is 7. The first kappa shape index (κ1) is 26.5. The molecule has 208 valence electrons. The van der Waals surface area contributed by atoms with Gasteiger partial charge in [-0.2, -0.15) is 5.10 Å². The molecule has 6 rings (SSSR count). The summed E-state index contributed by atoms with van der Waals surface area (Å²) in [6, 6.07) is 11.2. The number of benzene rings is 2. The summed E-state index contributed by atoms with van der Waals surface area (Å²) in [7, 11) is 0.571. The van der Waals surface area contributed by atoms with Gasteiger partial charge in [0.1, 0.15) is 27.2 Å². The van der Waals surface area contributed by atoms with Crippen molar-refractivity contribution < 1.29 is 17.2 Å². The van der Waals surface area contributed by atoms with Gasteiger partial charge in [-0.05, 0) is 47.9 Å². The second-order valence-corrected chi connectivity index (χ2v) is 12.4. The SMILES string of the molecule is CN(C)c1cncc(-c2cc3c(-c4nc5nccc(-c6cc(F)cc(CCS(C)(=O)=O)c6)c5[nH]4)n[nH]c3cc2F)c1. The number of H-pyrrole nitrogens is 2. The lowest BCUT2D eigenvalue weighted by Gasteiger charge is -2.13. The Labute approximate surface area is 234 Å². The quantitative estimate of drug-likeness (QED) is 0.271. The van der Waals surface area contributed by atoms with Crippen molar-refractivity contribution in [2.24, 2.45) is 0 Å². The first-order valence-corrected chi connectivity index (χ1v) is 14.7. The van der Waals surface area contributed by atoms with Crippen LogP contribution in [-0.2, 0) is 16.3 Å². The lowest BCUT2D eigenvalue weighted by atomic mass is 10.0. The number of nitrogens with zero attached hydrogens (tertiary/aromatic N) is 5. The maximum Gasteiger partial charge on any atom is 0.178 e. The van der Waals surface area contributed by atoms with Crippen molar-refractivity contribution in [2.75, 3.05) is 31.0 Å². The fourth-order valence-electron chi connectivity index (χ4n) is 4.78. The van der Waals surface area contributed by atoms with Crippen molar-refractivity contribution >= 4 is 37.6 Å². The van der Waals surface area contributed by atoms with Crippen molar-refractivity contribution in [3.63, 3.8) is 0 Å². The third-order valence-electron chi connectivity index (χ3n) is 6.85. The highest BCUT2D eigenvalue weighted by molar-refractivity contribution is 7.90. The van der Waals surface area contributed by atoms with E-state index in [2.05, 4.69) is 30.1 Å². The smallest absolute Gasteiger partial charge is 0.178 e. The number of aromatic nitrogens is 6. The molecule has 2 aromatic carbocycles. The van der Waals surface area contributed by atoms with Crippen LogP contribution in [0.15, 0.2) is 61.1 Å². The summed E-state index contributed by atoms with van der Waals surface area (Å²) in [4.78, 5) is 18.4. The van der Waals surface area contributed by atoms with E-state index in [1.807, 2.05) is 25.1 Å². The minimum Gasteiger partial charge on any atom is -0.376 e. The summed E-state index contributed by atoms with van der Waals surface area (Å²) in [5.74, 6) is -0.578. The number of aryl methyl sites for hydroxylation is 1. The minimum absolute atomic E-state index is 0.0832. The van der Waals surface area contributed by atoms with Crippen molar-refractivity contribution in [1.82, 2.24) is 30.1 Å². The Morgan fingerprint density at radius 1 is 0.976 bits per heavy atom. The van der Waals surface area contributed by atoms with Crippen LogP contribution in [0.5, 0.6) is 0 Å². The molecule has 0 amide bonds. The first-order valence-electron chi connectivity index (χ1n) is 12.7. The number of aromatic amines is 2. The Bertz CT molecular complexity index is 2050. The van der Waals surface area contributed by atoms with Gasteiger partial charge in [-0.15, -0.1) is 0 Å². The van der Waals surface area contributed by atoms with E-state index in [4.69, 9.17) is 0 Å². The fourth-order valence-corrected chi connectivity index (χ4v) is 5.38. The zero-order chi connectivity index (χ0) is 28.9. The molecule has 4 heterocycles. The summed E-state index contributed by atoms with van der Waals surface area (Å²) in [6.07, 6.45) is 6.23. The van der Waals surface area contributed by atoms with E-state index < -0.39 is 21.5 Å². The summed E-state index contributed by atoms with van der Waals surface area (Å²) in [6.45, 7) is 0. The average molecular weight is 574 g/mol. The number of hydrogen-bond donors (Lipinski definition) is 2. The molecule has 0 atom stereocenters. The van der Waals surface area contributed by atoms with Gasteiger partial charge in [0.2, 0.25) is 0 Å². The molecule has 41 heavy (non-hydrogen) atoms. The molecular formula is C29H25F2N7O2S. The highest BCUT2D eigenvalue weighted by Gasteiger charge is 2.19. The van der Waals surface area contributed by atoms with Crippen LogP contribution in [0.2, 0.25) is 0 Å². The number of sulfone groups is 1. The van der Waals surface area contributed by atoms with Gasteiger partial charge in [-0.1, -0.05) is 6.07 Å². The van der Waals surface area contributed by atoms with E-state index in [0.29, 0.717) is 61.4 Å². The molecule has 0 radical (unpaired) electrons. The molecule has 2 N–H and O–H groups in total. The maximum atomic E-state index is 15.2. The number of halogens is 2. The molecule has 0 aliphatic rings. The molecular weight excluding hydrogens is 548 g/mol. The van der Waals surface area contributed by atoms with Crippen molar-refractivity contribution in [1.29, 1.82) is 0 Å². The van der Waals surface area contributed by atoms with Crippen LogP contribution >= 0.6 is 0 Å². The highest BCUT2D eigenvalue weighted by Crippen LogP contribution is 2.34. The minimum atomic E-state index is -3.20. The Morgan fingerprint density at radius 2 is 1.80 bits per heavy atom. The number of imidazole rings is 1. The van der Waals surface area contributed by atoms with Gasteiger partial charge in [0.25, 0.3) is 0 Å². The van der Waals surface area contributed by atoms with Gasteiger partial charge >= 0.3 is 0 Å². The third kappa shape index (κ3) is 5.25. The second-order valence-electron chi connectivity index (χ2n) is 10.1. The number of fused-ring (bicyclic) bond motifs is 2. The molecule has 0 fully saturated rings. The molecule has 0 saturated heterocycles. The molecule has 4 aromatic heterocycles. The lowest BCUT2D eigenvalue weighted by Crippen LogP contribution is -2.08. The fraction of sp³-hybridized carbons (Fsp3) is 0.172. The maximum absolute atomic E-state index is 15.2. The van der Waals surface area contributed by atoms with Crippen LogP contribution in [0.3, 0.4) is 0 Å². The van der Waals surface area contributed by atoms with E-state index in [1.54, 1.807) is 36.8 Å². The Hall–Kier alpha value is -4.71. The molecule has 0 aliphatic carbocycles. The highest BCUT2D eigenvalue weighted by atomic mass is 32.2. The molecule has 0 spiro atoms. The van der Waals surface area contributed by atoms with Crippen molar-refractivity contribution in [2.45, 2.75) is 6.42 Å². The van der Waals surface area contributed by atoms with Gasteiger partial charge < -0.3 is 9.88 Å². The number of nitrogens with one attached hydrogen (secondary N) is 2. The van der Waals surface area contributed by atoms with Crippen LogP contribution < -0.4 is 4.90 Å². The molecule has 0 saturated carbocycles. The Balaban J connectivity index is 1.44. The van der Waals surface area contributed by atoms with Crippen LogP contribution in [-0.4, -0.2) is 64.7 Å². The molecule has 0 unspecified atom stereocenters. The van der Waals surface area contributed by atoms with Gasteiger partial charge in [-0.3, -0.25) is 10.1 Å². The predicted molar refractivity (Wildman–Crippen MR) is 155 cm³/mol. The number of anilines is 1. The Kier molecular flexibility index (Phi) is 6.49. The standard InChI is InChI=1S/C29H25F2N7O2S/c1-38(2)20-11-18(14-32-15-20)22-12-23-25(13-24(22)31)36-37-27(23)29-34-26-21(4-6-33-28(26)35-29)17-8-16(9-19(30)10-17)5-7-41(3,39)40/h4,6,8-15H,5,7H2,1-3H3,(H,36,37)(H,33,34,35). The third-order valence-corrected chi connectivity index (χ3v) is 7.79. The topological polar surface area (TPSA) is 121 Å². The zero-order valence-electron chi connectivity index (χ0n) is 22.4. The number of hydrogen-bond acceptors (Lipinski definition) is 7. The molecule has 6 aromatic rings. The first-order chi connectivity index (χ1) is 19.6. The van der Waals surface area contributed by atoms with Crippen molar-refractivity contribution in [3.05, 3.63) is 78.3 Å². The van der Waals surface area contributed by atoms with Gasteiger partial charge in [0.05, 0.1) is 28.7 Å². The van der Waals surface area contributed by atoms with E-state index in [1.165, 1.54) is 18.2 Å². The van der Waals surface area contributed by atoms with E-state index >= 15 is 4.39 Å². The molecule has 12 heteroatoms. The van der Waals surface area contributed by atoms with E-state index in [9.17, 15) is 12.8 Å². The summed E-state index contributed by atoms with van der Waals surface area (Å²) < 4.78 is 53.0. The average Bonchev–Trinajstić information content (AvgIpc) is 3.54. The monoisotopic (exact) mass is 573 g/mol.